The summed E-state index contributed by atoms with van der Waals surface area (Å²) in [6.45, 7) is 2.01. The van der Waals surface area contributed by atoms with E-state index in [0.717, 1.165) is 47.8 Å². The number of nitrogens with one attached hydrogen (secondary N) is 2. The second-order valence-corrected chi connectivity index (χ2v) is 8.40. The zero-order chi connectivity index (χ0) is 20.2. The Hall–Kier alpha value is -2.48. The lowest BCUT2D eigenvalue weighted by atomic mass is 9.98. The van der Waals surface area contributed by atoms with Gasteiger partial charge >= 0.3 is 0 Å². The average Bonchev–Trinajstić information content (AvgIpc) is 3.14. The van der Waals surface area contributed by atoms with Crippen molar-refractivity contribution in [1.82, 2.24) is 15.3 Å². The van der Waals surface area contributed by atoms with Gasteiger partial charge in [0.1, 0.15) is 16.2 Å². The Balaban J connectivity index is 1.45. The van der Waals surface area contributed by atoms with E-state index in [1.807, 2.05) is 54.4 Å². The summed E-state index contributed by atoms with van der Waals surface area (Å²) < 4.78 is 0. The van der Waals surface area contributed by atoms with Crippen LogP contribution in [0.5, 0.6) is 0 Å². The number of aromatic nitrogens is 2. The minimum Gasteiger partial charge on any atom is -0.329 e. The molecule has 1 fully saturated rings. The molecule has 1 saturated heterocycles. The number of piperidine rings is 1. The number of benzene rings is 1. The van der Waals surface area contributed by atoms with E-state index in [1.54, 1.807) is 6.08 Å². The Labute approximate surface area is 178 Å². The third-order valence-electron chi connectivity index (χ3n) is 4.93. The molecule has 0 radical (unpaired) electrons. The van der Waals surface area contributed by atoms with Crippen LogP contribution >= 0.6 is 22.9 Å². The van der Waals surface area contributed by atoms with Gasteiger partial charge in [-0.3, -0.25) is 10.1 Å². The molecular formula is C21H22ClN5OS. The topological polar surface area (TPSA) is 70.2 Å². The highest BCUT2D eigenvalue weighted by Crippen LogP contribution is 2.29. The number of amides is 1. The van der Waals surface area contributed by atoms with Crippen molar-refractivity contribution in [1.29, 1.82) is 0 Å². The molecule has 0 bridgehead atoms. The molecule has 0 spiro atoms. The number of carbonyl (C=O) groups is 1. The van der Waals surface area contributed by atoms with Gasteiger partial charge in [-0.05, 0) is 74.3 Å². The molecule has 6 nitrogen and oxygen atoms in total. The molecule has 4 rings (SSSR count). The van der Waals surface area contributed by atoms with Crippen molar-refractivity contribution >= 4 is 55.8 Å². The summed E-state index contributed by atoms with van der Waals surface area (Å²) in [5, 5.41) is 7.43. The van der Waals surface area contributed by atoms with Crippen LogP contribution < -0.4 is 15.5 Å². The molecule has 150 valence electrons. The number of hydrogen-bond donors (Lipinski definition) is 2. The number of halogens is 1. The van der Waals surface area contributed by atoms with Crippen molar-refractivity contribution in [2.75, 3.05) is 30.4 Å². The maximum atomic E-state index is 12.2. The zero-order valence-electron chi connectivity index (χ0n) is 16.1. The zero-order valence-corrected chi connectivity index (χ0v) is 17.6. The van der Waals surface area contributed by atoms with Crippen LogP contribution in [0.1, 0.15) is 12.8 Å². The number of rotatable bonds is 5. The number of pyridine rings is 1. The summed E-state index contributed by atoms with van der Waals surface area (Å²) in [7, 11) is 1.95. The largest absolute Gasteiger partial charge is 0.329 e. The molecule has 2 aromatic heterocycles. The molecule has 0 saturated carbocycles. The van der Waals surface area contributed by atoms with Crippen LogP contribution in [-0.2, 0) is 4.79 Å². The first kappa shape index (κ1) is 19.8. The molecule has 8 heteroatoms. The standard InChI is InChI=1S/C21H22ClN5OS/c1-27(16-5-3-15(22)4-6-16)18-8-7-17-20(25-18)29-21(24-17)26-19(28)9-2-14-10-12-23-13-11-14/h2-9,14,23H,10-13H2,1H3,(H,24,26,28)/b9-2+. The molecule has 2 N–H and O–H groups in total. The number of thiazole rings is 1. The number of allylic oxidation sites excluding steroid dienone is 1. The van der Waals surface area contributed by atoms with Crippen LogP contribution in [-0.4, -0.2) is 36.0 Å². The van der Waals surface area contributed by atoms with Crippen LogP contribution in [0.2, 0.25) is 5.02 Å². The van der Waals surface area contributed by atoms with Crippen LogP contribution in [0, 0.1) is 5.92 Å². The number of nitrogens with zero attached hydrogens (tertiary/aromatic N) is 3. The average molecular weight is 428 g/mol. The van der Waals surface area contributed by atoms with Gasteiger partial charge in [-0.25, -0.2) is 9.97 Å². The predicted octanol–water partition coefficient (Wildman–Crippen LogP) is 4.61. The quantitative estimate of drug-likeness (QED) is 0.582. The minimum absolute atomic E-state index is 0.152. The summed E-state index contributed by atoms with van der Waals surface area (Å²) in [6, 6.07) is 11.4. The maximum absolute atomic E-state index is 12.2. The Morgan fingerprint density at radius 2 is 1.97 bits per heavy atom. The number of hydrogen-bond acceptors (Lipinski definition) is 6. The van der Waals surface area contributed by atoms with Crippen LogP contribution in [0.4, 0.5) is 16.6 Å². The molecule has 1 aliphatic rings. The van der Waals surface area contributed by atoms with Gasteiger partial charge in [0.2, 0.25) is 5.91 Å². The lowest BCUT2D eigenvalue weighted by molar-refractivity contribution is -0.111. The summed E-state index contributed by atoms with van der Waals surface area (Å²) in [5.74, 6) is 1.11. The predicted molar refractivity (Wildman–Crippen MR) is 120 cm³/mol. The van der Waals surface area contributed by atoms with E-state index in [-0.39, 0.29) is 5.91 Å². The first-order valence-corrected chi connectivity index (χ1v) is 10.7. The van der Waals surface area contributed by atoms with Crippen molar-refractivity contribution < 1.29 is 4.79 Å². The molecule has 1 aliphatic heterocycles. The molecule has 1 amide bonds. The minimum atomic E-state index is -0.152. The highest BCUT2D eigenvalue weighted by atomic mass is 35.5. The molecule has 0 atom stereocenters. The van der Waals surface area contributed by atoms with E-state index in [0.29, 0.717) is 16.1 Å². The second-order valence-electron chi connectivity index (χ2n) is 6.98. The van der Waals surface area contributed by atoms with Gasteiger partial charge in [0.15, 0.2) is 5.13 Å². The third kappa shape index (κ3) is 4.93. The van der Waals surface area contributed by atoms with Gasteiger partial charge in [-0.2, -0.15) is 0 Å². The van der Waals surface area contributed by atoms with Crippen molar-refractivity contribution in [3.05, 3.63) is 53.6 Å². The highest BCUT2D eigenvalue weighted by Gasteiger charge is 2.12. The molecule has 1 aromatic carbocycles. The van der Waals surface area contributed by atoms with Gasteiger partial charge in [-0.1, -0.05) is 29.0 Å². The van der Waals surface area contributed by atoms with Crippen molar-refractivity contribution in [2.24, 2.45) is 5.92 Å². The van der Waals surface area contributed by atoms with Crippen LogP contribution in [0.15, 0.2) is 48.6 Å². The fourth-order valence-corrected chi connectivity index (χ4v) is 4.21. The number of anilines is 3. The van der Waals surface area contributed by atoms with Gasteiger partial charge in [0.25, 0.3) is 0 Å². The maximum Gasteiger partial charge on any atom is 0.249 e. The second kappa shape index (κ2) is 8.90. The summed E-state index contributed by atoms with van der Waals surface area (Å²) in [5.41, 5.74) is 1.75. The molecule has 0 unspecified atom stereocenters. The summed E-state index contributed by atoms with van der Waals surface area (Å²) in [4.78, 5) is 24.2. The van der Waals surface area contributed by atoms with E-state index in [1.165, 1.54) is 11.3 Å². The summed E-state index contributed by atoms with van der Waals surface area (Å²) >= 11 is 7.34. The highest BCUT2D eigenvalue weighted by molar-refractivity contribution is 7.22. The Morgan fingerprint density at radius 3 is 2.72 bits per heavy atom. The van der Waals surface area contributed by atoms with Crippen LogP contribution in [0.3, 0.4) is 0 Å². The van der Waals surface area contributed by atoms with Crippen molar-refractivity contribution in [3.8, 4) is 0 Å². The normalized spacial score (nSPS) is 15.1. The fourth-order valence-electron chi connectivity index (χ4n) is 3.25. The number of carbonyl (C=O) groups excluding carboxylic acids is 1. The Kier molecular flexibility index (Phi) is 6.08. The van der Waals surface area contributed by atoms with E-state index >= 15 is 0 Å². The van der Waals surface area contributed by atoms with E-state index in [2.05, 4.69) is 15.6 Å². The van der Waals surface area contributed by atoms with Gasteiger partial charge in [-0.15, -0.1) is 0 Å². The number of fused-ring (bicyclic) bond motifs is 1. The summed E-state index contributed by atoms with van der Waals surface area (Å²) in [6.07, 6.45) is 5.76. The van der Waals surface area contributed by atoms with E-state index in [9.17, 15) is 4.79 Å². The van der Waals surface area contributed by atoms with Gasteiger partial charge in [0.05, 0.1) is 0 Å². The first-order valence-electron chi connectivity index (χ1n) is 9.55. The monoisotopic (exact) mass is 427 g/mol. The van der Waals surface area contributed by atoms with Gasteiger partial charge in [0, 0.05) is 17.8 Å². The smallest absolute Gasteiger partial charge is 0.249 e. The molecule has 3 aromatic rings. The first-order chi connectivity index (χ1) is 14.1. The third-order valence-corrected chi connectivity index (χ3v) is 6.06. The molecular weight excluding hydrogens is 406 g/mol. The molecule has 3 heterocycles. The molecule has 0 aliphatic carbocycles. The van der Waals surface area contributed by atoms with Crippen molar-refractivity contribution in [2.45, 2.75) is 12.8 Å². The SMILES string of the molecule is CN(c1ccc(Cl)cc1)c1ccc2nc(NC(=O)/C=C/C3CCNCC3)sc2n1. The fraction of sp³-hybridized carbons (Fsp3) is 0.286. The lowest BCUT2D eigenvalue weighted by Crippen LogP contribution is -2.26. The Morgan fingerprint density at radius 1 is 1.21 bits per heavy atom. The van der Waals surface area contributed by atoms with Crippen molar-refractivity contribution in [3.63, 3.8) is 0 Å². The van der Waals surface area contributed by atoms with E-state index in [4.69, 9.17) is 16.6 Å². The van der Waals surface area contributed by atoms with Crippen LogP contribution in [0.25, 0.3) is 10.3 Å². The van der Waals surface area contributed by atoms with Gasteiger partial charge < -0.3 is 10.2 Å². The Bertz CT molecular complexity index is 1030. The van der Waals surface area contributed by atoms with E-state index < -0.39 is 0 Å². The lowest BCUT2D eigenvalue weighted by Gasteiger charge is -2.18. The molecule has 29 heavy (non-hydrogen) atoms.